The van der Waals surface area contributed by atoms with Crippen molar-refractivity contribution in [3.05, 3.63) is 28.2 Å². The number of piperazine rings is 1. The normalized spacial score (nSPS) is 18.2. The summed E-state index contributed by atoms with van der Waals surface area (Å²) in [6.07, 6.45) is 0. The molecule has 1 saturated heterocycles. The number of hydrogen-bond acceptors (Lipinski definition) is 4. The molecule has 0 aromatic heterocycles. The summed E-state index contributed by atoms with van der Waals surface area (Å²) in [4.78, 5) is 34.1. The van der Waals surface area contributed by atoms with Gasteiger partial charge in [0.15, 0.2) is 0 Å². The van der Waals surface area contributed by atoms with Crippen molar-refractivity contribution in [2.75, 3.05) is 18.4 Å². The second-order valence-electron chi connectivity index (χ2n) is 4.22. The number of halogens is 1. The molecule has 1 aromatic rings. The number of nitrogens with one attached hydrogen (secondary N) is 3. The van der Waals surface area contributed by atoms with E-state index in [1.807, 2.05) is 0 Å². The molecule has 7 nitrogen and oxygen atoms in total. The second kappa shape index (κ2) is 6.02. The van der Waals surface area contributed by atoms with Gasteiger partial charge in [-0.2, -0.15) is 0 Å². The van der Waals surface area contributed by atoms with Crippen LogP contribution < -0.4 is 16.0 Å². The molecule has 1 fully saturated rings. The first-order chi connectivity index (χ1) is 9.47. The third-order valence-electron chi connectivity index (χ3n) is 2.80. The number of benzene rings is 1. The minimum atomic E-state index is -1.13. The van der Waals surface area contributed by atoms with Gasteiger partial charge in [-0.05, 0) is 18.2 Å². The highest BCUT2D eigenvalue weighted by Crippen LogP contribution is 2.21. The number of hydrogen-bond donors (Lipinski definition) is 4. The van der Waals surface area contributed by atoms with E-state index in [1.165, 1.54) is 12.1 Å². The highest BCUT2D eigenvalue weighted by Gasteiger charge is 2.24. The molecular formula is C12H12BrN3O4. The van der Waals surface area contributed by atoms with Gasteiger partial charge in [0, 0.05) is 11.0 Å². The zero-order chi connectivity index (χ0) is 14.7. The van der Waals surface area contributed by atoms with E-state index in [9.17, 15) is 14.4 Å². The number of carbonyl (C=O) groups excluding carboxylic acids is 2. The number of carboxylic acids is 1. The van der Waals surface area contributed by atoms with Crippen LogP contribution in [0.25, 0.3) is 0 Å². The van der Waals surface area contributed by atoms with E-state index in [-0.39, 0.29) is 30.2 Å². The molecular weight excluding hydrogens is 330 g/mol. The Kier molecular flexibility index (Phi) is 4.35. The Labute approximate surface area is 122 Å². The maximum atomic E-state index is 12.0. The quantitative estimate of drug-likeness (QED) is 0.627. The van der Waals surface area contributed by atoms with Crippen LogP contribution in [0.1, 0.15) is 10.4 Å². The summed E-state index contributed by atoms with van der Waals surface area (Å²) in [6.45, 7) is 0.226. The molecule has 1 aliphatic heterocycles. The van der Waals surface area contributed by atoms with E-state index in [1.54, 1.807) is 6.07 Å². The van der Waals surface area contributed by atoms with Crippen LogP contribution in [0.4, 0.5) is 5.69 Å². The molecule has 0 spiro atoms. The minimum absolute atomic E-state index is 0.00129. The lowest BCUT2D eigenvalue weighted by atomic mass is 10.1. The highest BCUT2D eigenvalue weighted by atomic mass is 79.9. The van der Waals surface area contributed by atoms with Gasteiger partial charge in [-0.3, -0.25) is 14.9 Å². The van der Waals surface area contributed by atoms with Crippen molar-refractivity contribution in [3.8, 4) is 0 Å². The third kappa shape index (κ3) is 3.34. The lowest BCUT2D eigenvalue weighted by molar-refractivity contribution is -0.124. The number of aromatic carboxylic acids is 1. The lowest BCUT2D eigenvalue weighted by Crippen LogP contribution is -2.56. The van der Waals surface area contributed by atoms with E-state index < -0.39 is 17.9 Å². The van der Waals surface area contributed by atoms with E-state index in [2.05, 4.69) is 31.9 Å². The summed E-state index contributed by atoms with van der Waals surface area (Å²) in [7, 11) is 0. The number of anilines is 1. The molecule has 20 heavy (non-hydrogen) atoms. The molecule has 1 aromatic carbocycles. The van der Waals surface area contributed by atoms with Gasteiger partial charge in [-0.15, -0.1) is 0 Å². The first kappa shape index (κ1) is 14.5. The fourth-order valence-electron chi connectivity index (χ4n) is 1.78. The number of carbonyl (C=O) groups is 3. The van der Waals surface area contributed by atoms with E-state index in [0.29, 0.717) is 4.47 Å². The fourth-order valence-corrected chi connectivity index (χ4v) is 2.14. The molecule has 1 aliphatic rings. The van der Waals surface area contributed by atoms with Crippen molar-refractivity contribution in [2.45, 2.75) is 6.04 Å². The lowest BCUT2D eigenvalue weighted by Gasteiger charge is -2.23. The number of rotatable bonds is 3. The van der Waals surface area contributed by atoms with Gasteiger partial charge in [0.05, 0.1) is 17.8 Å². The zero-order valence-electron chi connectivity index (χ0n) is 10.3. The molecule has 106 valence electrons. The van der Waals surface area contributed by atoms with Crippen LogP contribution in [-0.4, -0.2) is 42.0 Å². The van der Waals surface area contributed by atoms with Gasteiger partial charge in [0.2, 0.25) is 11.8 Å². The van der Waals surface area contributed by atoms with Gasteiger partial charge in [-0.25, -0.2) is 4.79 Å². The first-order valence-electron chi connectivity index (χ1n) is 5.81. The molecule has 1 atom stereocenters. The Bertz CT molecular complexity index is 566. The van der Waals surface area contributed by atoms with Gasteiger partial charge in [0.25, 0.3) is 0 Å². The molecule has 1 unspecified atom stereocenters. The summed E-state index contributed by atoms with van der Waals surface area (Å²) < 4.78 is 0.655. The maximum Gasteiger partial charge on any atom is 0.337 e. The molecule has 0 bridgehead atoms. The molecule has 1 heterocycles. The summed E-state index contributed by atoms with van der Waals surface area (Å²) in [5.41, 5.74) is 0.206. The molecule has 2 amide bonds. The smallest absolute Gasteiger partial charge is 0.337 e. The van der Waals surface area contributed by atoms with Crippen molar-refractivity contribution in [2.24, 2.45) is 0 Å². The van der Waals surface area contributed by atoms with Crippen molar-refractivity contribution in [1.29, 1.82) is 0 Å². The van der Waals surface area contributed by atoms with E-state index in [0.717, 1.165) is 0 Å². The van der Waals surface area contributed by atoms with Crippen LogP contribution in [-0.2, 0) is 9.59 Å². The van der Waals surface area contributed by atoms with Crippen molar-refractivity contribution in [3.63, 3.8) is 0 Å². The second-order valence-corrected chi connectivity index (χ2v) is 5.14. The Hall–Kier alpha value is -1.93. The average molecular weight is 342 g/mol. The van der Waals surface area contributed by atoms with Gasteiger partial charge in [-0.1, -0.05) is 15.9 Å². The van der Waals surface area contributed by atoms with Crippen LogP contribution in [0.2, 0.25) is 0 Å². The van der Waals surface area contributed by atoms with Gasteiger partial charge < -0.3 is 15.7 Å². The molecule has 0 aliphatic carbocycles. The predicted octanol–water partition coefficient (Wildman–Crippen LogP) is 0.174. The molecule has 0 radical (unpaired) electrons. The largest absolute Gasteiger partial charge is 0.478 e. The summed E-state index contributed by atoms with van der Waals surface area (Å²) >= 11 is 3.22. The molecule has 4 N–H and O–H groups in total. The Morgan fingerprint density at radius 1 is 1.40 bits per heavy atom. The van der Waals surface area contributed by atoms with Gasteiger partial charge in [0.1, 0.15) is 6.04 Å². The van der Waals surface area contributed by atoms with Crippen LogP contribution in [0.3, 0.4) is 0 Å². The summed E-state index contributed by atoms with van der Waals surface area (Å²) in [5.74, 6) is -1.70. The van der Waals surface area contributed by atoms with Crippen molar-refractivity contribution < 1.29 is 19.5 Å². The highest BCUT2D eigenvalue weighted by molar-refractivity contribution is 9.10. The average Bonchev–Trinajstić information content (AvgIpc) is 2.39. The monoisotopic (exact) mass is 341 g/mol. The van der Waals surface area contributed by atoms with Crippen molar-refractivity contribution >= 4 is 39.4 Å². The van der Waals surface area contributed by atoms with E-state index >= 15 is 0 Å². The summed E-state index contributed by atoms with van der Waals surface area (Å²) in [5, 5.41) is 17.0. The number of carboxylic acid groups (broad SMARTS) is 1. The summed E-state index contributed by atoms with van der Waals surface area (Å²) in [6, 6.07) is 3.91. The van der Waals surface area contributed by atoms with Crippen LogP contribution in [0, 0.1) is 0 Å². The van der Waals surface area contributed by atoms with Gasteiger partial charge >= 0.3 is 5.97 Å². The Balaban J connectivity index is 2.13. The standard InChI is InChI=1S/C12H12BrN3O4/c13-6-1-2-7(12(19)20)8(3-6)16-11(18)9-4-15-10(17)5-14-9/h1-3,9,14H,4-5H2,(H,15,17)(H,16,18)(H,19,20). The minimum Gasteiger partial charge on any atom is -0.478 e. The van der Waals surface area contributed by atoms with Crippen LogP contribution in [0.5, 0.6) is 0 Å². The molecule has 0 saturated carbocycles. The maximum absolute atomic E-state index is 12.0. The van der Waals surface area contributed by atoms with Crippen LogP contribution >= 0.6 is 15.9 Å². The Morgan fingerprint density at radius 2 is 2.15 bits per heavy atom. The number of amides is 2. The SMILES string of the molecule is O=C1CNC(C(=O)Nc2cc(Br)ccc2C(=O)O)CN1. The Morgan fingerprint density at radius 3 is 2.75 bits per heavy atom. The molecule has 8 heteroatoms. The topological polar surface area (TPSA) is 108 Å². The third-order valence-corrected chi connectivity index (χ3v) is 3.29. The van der Waals surface area contributed by atoms with Crippen molar-refractivity contribution in [1.82, 2.24) is 10.6 Å². The van der Waals surface area contributed by atoms with Crippen LogP contribution in [0.15, 0.2) is 22.7 Å². The predicted molar refractivity (Wildman–Crippen MR) is 74.5 cm³/mol. The fraction of sp³-hybridized carbons (Fsp3) is 0.250. The zero-order valence-corrected chi connectivity index (χ0v) is 11.9. The van der Waals surface area contributed by atoms with E-state index in [4.69, 9.17) is 5.11 Å². The first-order valence-corrected chi connectivity index (χ1v) is 6.60. The molecule has 2 rings (SSSR count).